The van der Waals surface area contributed by atoms with Gasteiger partial charge >= 0.3 is 0 Å². The molecule has 0 bridgehead atoms. The Bertz CT molecular complexity index is 1170. The SMILES string of the molecule is CS(=O)(=O)c1cccc2sc(N3CCN(C(=O)CSc4ccc(Cl)cc4)CC3)nc12. The summed E-state index contributed by atoms with van der Waals surface area (Å²) in [4.78, 5) is 22.4. The van der Waals surface area contributed by atoms with Crippen LogP contribution in [0.4, 0.5) is 5.13 Å². The average molecular weight is 482 g/mol. The number of benzene rings is 2. The van der Waals surface area contributed by atoms with Crippen molar-refractivity contribution in [1.29, 1.82) is 0 Å². The Morgan fingerprint density at radius 3 is 2.50 bits per heavy atom. The van der Waals surface area contributed by atoms with Gasteiger partial charge in [0.2, 0.25) is 5.91 Å². The van der Waals surface area contributed by atoms with E-state index in [9.17, 15) is 13.2 Å². The number of nitrogens with zero attached hydrogens (tertiary/aromatic N) is 3. The number of amides is 1. The van der Waals surface area contributed by atoms with Crippen molar-refractivity contribution < 1.29 is 13.2 Å². The number of hydrogen-bond acceptors (Lipinski definition) is 7. The van der Waals surface area contributed by atoms with E-state index in [0.717, 1.165) is 14.7 Å². The van der Waals surface area contributed by atoms with Gasteiger partial charge < -0.3 is 9.80 Å². The summed E-state index contributed by atoms with van der Waals surface area (Å²) in [6, 6.07) is 12.7. The van der Waals surface area contributed by atoms with Gasteiger partial charge in [-0.15, -0.1) is 11.8 Å². The van der Waals surface area contributed by atoms with Crippen LogP contribution in [0.1, 0.15) is 0 Å². The van der Waals surface area contributed by atoms with E-state index in [0.29, 0.717) is 42.5 Å². The van der Waals surface area contributed by atoms with Gasteiger partial charge in [0.15, 0.2) is 15.0 Å². The Labute approximate surface area is 188 Å². The molecule has 1 fully saturated rings. The molecule has 158 valence electrons. The molecule has 0 atom stereocenters. The minimum atomic E-state index is -3.34. The van der Waals surface area contributed by atoms with Gasteiger partial charge in [0, 0.05) is 42.4 Å². The molecule has 0 aliphatic carbocycles. The highest BCUT2D eigenvalue weighted by Gasteiger charge is 2.24. The standard InChI is InChI=1S/C20H20ClN3O3S3/c1-30(26,27)17-4-2-3-16-19(17)22-20(29-16)24-11-9-23(10-12-24)18(25)13-28-15-7-5-14(21)6-8-15/h2-8H,9-13H2,1H3. The Morgan fingerprint density at radius 2 is 1.83 bits per heavy atom. The quantitative estimate of drug-likeness (QED) is 0.516. The summed E-state index contributed by atoms with van der Waals surface area (Å²) in [6.07, 6.45) is 1.20. The smallest absolute Gasteiger partial charge is 0.233 e. The summed E-state index contributed by atoms with van der Waals surface area (Å²) in [5, 5.41) is 1.48. The lowest BCUT2D eigenvalue weighted by Gasteiger charge is -2.34. The van der Waals surface area contributed by atoms with Gasteiger partial charge in [0.1, 0.15) is 5.52 Å². The largest absolute Gasteiger partial charge is 0.345 e. The fourth-order valence-corrected chi connectivity index (χ4v) is 6.13. The van der Waals surface area contributed by atoms with Crippen LogP contribution in [0.25, 0.3) is 10.2 Å². The van der Waals surface area contributed by atoms with E-state index in [4.69, 9.17) is 11.6 Å². The highest BCUT2D eigenvalue weighted by Crippen LogP contribution is 2.33. The monoisotopic (exact) mass is 481 g/mol. The predicted molar refractivity (Wildman–Crippen MR) is 124 cm³/mol. The van der Waals surface area contributed by atoms with Crippen molar-refractivity contribution in [2.45, 2.75) is 9.79 Å². The molecule has 0 radical (unpaired) electrons. The number of piperazine rings is 1. The number of rotatable bonds is 5. The van der Waals surface area contributed by atoms with Crippen LogP contribution in [0, 0.1) is 0 Å². The molecule has 1 aliphatic heterocycles. The van der Waals surface area contributed by atoms with Gasteiger partial charge in [-0.1, -0.05) is 29.0 Å². The lowest BCUT2D eigenvalue weighted by atomic mass is 10.3. The molecule has 10 heteroatoms. The van der Waals surface area contributed by atoms with Crippen LogP contribution in [-0.2, 0) is 14.6 Å². The Morgan fingerprint density at radius 1 is 1.13 bits per heavy atom. The molecule has 1 aromatic heterocycles. The lowest BCUT2D eigenvalue weighted by Crippen LogP contribution is -2.49. The topological polar surface area (TPSA) is 70.6 Å². The second-order valence-corrected chi connectivity index (χ2v) is 11.5. The molecule has 1 saturated heterocycles. The van der Waals surface area contributed by atoms with Crippen LogP contribution in [0.5, 0.6) is 0 Å². The van der Waals surface area contributed by atoms with Crippen molar-refractivity contribution in [3.05, 3.63) is 47.5 Å². The molecule has 0 saturated carbocycles. The first-order chi connectivity index (χ1) is 14.3. The van der Waals surface area contributed by atoms with Crippen LogP contribution in [-0.4, -0.2) is 62.4 Å². The van der Waals surface area contributed by atoms with Gasteiger partial charge in [0.05, 0.1) is 15.3 Å². The number of anilines is 1. The second kappa shape index (κ2) is 8.74. The van der Waals surface area contributed by atoms with E-state index < -0.39 is 9.84 Å². The van der Waals surface area contributed by atoms with Crippen molar-refractivity contribution in [1.82, 2.24) is 9.88 Å². The number of carbonyl (C=O) groups excluding carboxylic acids is 1. The van der Waals surface area contributed by atoms with Crippen molar-refractivity contribution in [2.24, 2.45) is 0 Å². The van der Waals surface area contributed by atoms with Gasteiger partial charge in [-0.25, -0.2) is 13.4 Å². The summed E-state index contributed by atoms with van der Waals surface area (Å²) in [5.74, 6) is 0.499. The van der Waals surface area contributed by atoms with Crippen molar-refractivity contribution >= 4 is 65.8 Å². The number of para-hydroxylation sites is 1. The zero-order valence-electron chi connectivity index (χ0n) is 16.2. The predicted octanol–water partition coefficient (Wildman–Crippen LogP) is 3.79. The number of thiazole rings is 1. The van der Waals surface area contributed by atoms with Crippen molar-refractivity contribution in [3.8, 4) is 0 Å². The average Bonchev–Trinajstić information content (AvgIpc) is 3.17. The summed E-state index contributed by atoms with van der Waals surface area (Å²) >= 11 is 8.88. The summed E-state index contributed by atoms with van der Waals surface area (Å²) in [6.45, 7) is 2.58. The lowest BCUT2D eigenvalue weighted by molar-refractivity contribution is -0.128. The van der Waals surface area contributed by atoms with Crippen LogP contribution in [0.2, 0.25) is 5.02 Å². The number of sulfone groups is 1. The first-order valence-corrected chi connectivity index (χ1v) is 13.4. The molecule has 4 rings (SSSR count). The number of aromatic nitrogens is 1. The minimum Gasteiger partial charge on any atom is -0.345 e. The second-order valence-electron chi connectivity index (χ2n) is 6.98. The number of hydrogen-bond donors (Lipinski definition) is 0. The minimum absolute atomic E-state index is 0.110. The normalized spacial score (nSPS) is 15.0. The van der Waals surface area contributed by atoms with E-state index in [1.165, 1.54) is 29.4 Å². The third-order valence-corrected chi connectivity index (χ3v) is 8.31. The van der Waals surface area contributed by atoms with E-state index in [2.05, 4.69) is 9.88 Å². The van der Waals surface area contributed by atoms with Crippen molar-refractivity contribution in [3.63, 3.8) is 0 Å². The first-order valence-electron chi connectivity index (χ1n) is 9.32. The molecule has 0 unspecified atom stereocenters. The molecule has 0 spiro atoms. The van der Waals surface area contributed by atoms with Gasteiger partial charge in [0.25, 0.3) is 0 Å². The molecule has 1 amide bonds. The Kier molecular flexibility index (Phi) is 6.24. The highest BCUT2D eigenvalue weighted by atomic mass is 35.5. The van der Waals surface area contributed by atoms with Crippen LogP contribution in [0.15, 0.2) is 52.3 Å². The van der Waals surface area contributed by atoms with E-state index in [1.54, 1.807) is 12.1 Å². The zero-order valence-corrected chi connectivity index (χ0v) is 19.5. The zero-order chi connectivity index (χ0) is 21.3. The number of halogens is 1. The number of carbonyl (C=O) groups is 1. The molecule has 1 aliphatic rings. The van der Waals surface area contributed by atoms with Gasteiger partial charge in [-0.05, 0) is 36.4 Å². The number of fused-ring (bicyclic) bond motifs is 1. The Balaban J connectivity index is 1.38. The number of thioether (sulfide) groups is 1. The molecule has 6 nitrogen and oxygen atoms in total. The van der Waals surface area contributed by atoms with Crippen LogP contribution < -0.4 is 4.90 Å². The summed E-state index contributed by atoms with van der Waals surface area (Å²) in [7, 11) is -3.34. The molecule has 30 heavy (non-hydrogen) atoms. The first kappa shape index (κ1) is 21.4. The van der Waals surface area contributed by atoms with Crippen molar-refractivity contribution in [2.75, 3.05) is 43.1 Å². The molecule has 0 N–H and O–H groups in total. The van der Waals surface area contributed by atoms with Crippen LogP contribution >= 0.6 is 34.7 Å². The molecular formula is C20H20ClN3O3S3. The maximum atomic E-state index is 12.6. The Hall–Kier alpha value is -1.81. The molecule has 3 aromatic rings. The molecule has 2 aromatic carbocycles. The molecule has 2 heterocycles. The maximum absolute atomic E-state index is 12.6. The summed E-state index contributed by atoms with van der Waals surface area (Å²) in [5.41, 5.74) is 0.526. The van der Waals surface area contributed by atoms with Gasteiger partial charge in [-0.2, -0.15) is 0 Å². The third-order valence-electron chi connectivity index (χ3n) is 4.85. The fourth-order valence-electron chi connectivity index (χ4n) is 3.26. The summed E-state index contributed by atoms with van der Waals surface area (Å²) < 4.78 is 24.9. The molecular weight excluding hydrogens is 462 g/mol. The highest BCUT2D eigenvalue weighted by molar-refractivity contribution is 8.00. The van der Waals surface area contributed by atoms with E-state index in [-0.39, 0.29) is 10.8 Å². The van der Waals surface area contributed by atoms with E-state index >= 15 is 0 Å². The van der Waals surface area contributed by atoms with E-state index in [1.807, 2.05) is 35.2 Å². The van der Waals surface area contributed by atoms with Gasteiger partial charge in [-0.3, -0.25) is 4.79 Å². The third kappa shape index (κ3) is 4.74. The van der Waals surface area contributed by atoms with Crippen LogP contribution in [0.3, 0.4) is 0 Å². The fraction of sp³-hybridized carbons (Fsp3) is 0.300. The maximum Gasteiger partial charge on any atom is 0.233 e.